The highest BCUT2D eigenvalue weighted by atomic mass is 19.1. The number of rotatable bonds is 0. The van der Waals surface area contributed by atoms with Gasteiger partial charge in [-0.15, -0.1) is 10.3 Å². The molecule has 0 aromatic heterocycles. The molecule has 4 rings (SSSR count). The topological polar surface area (TPSA) is 23.1 Å². The molecule has 0 aromatic carbocycles. The van der Waals surface area contributed by atoms with E-state index >= 15 is 0 Å². The predicted octanol–water partition coefficient (Wildman–Crippen LogP) is 1.69. The molecule has 4 atom stereocenters. The van der Waals surface area contributed by atoms with Crippen LogP contribution < -0.4 is 0 Å². The van der Waals surface area contributed by atoms with E-state index in [1.807, 2.05) is 0 Å². The molecule has 12 heavy (non-hydrogen) atoms. The highest BCUT2D eigenvalue weighted by molar-refractivity contribution is 5.06. The van der Waals surface area contributed by atoms with E-state index < -0.39 is 5.67 Å². The number of piperidine rings is 2. The van der Waals surface area contributed by atoms with Gasteiger partial charge in [0.1, 0.15) is 5.67 Å². The van der Waals surface area contributed by atoms with Crippen molar-refractivity contribution in [2.75, 3.05) is 0 Å². The summed E-state index contributed by atoms with van der Waals surface area (Å²) in [6.07, 6.45) is 3.64. The molecule has 2 unspecified atom stereocenters. The zero-order chi connectivity index (χ0) is 8.34. The van der Waals surface area contributed by atoms with Gasteiger partial charge in [-0.25, -0.2) is 4.39 Å². The second-order valence-corrected chi connectivity index (χ2v) is 4.77. The fourth-order valence-corrected chi connectivity index (χ4v) is 3.50. The highest BCUT2D eigenvalue weighted by Gasteiger charge is 2.55. The third-order valence-corrected chi connectivity index (χ3v) is 3.79. The zero-order valence-corrected chi connectivity index (χ0v) is 7.00. The first-order chi connectivity index (χ1) is 5.66. The summed E-state index contributed by atoms with van der Waals surface area (Å²) >= 11 is 0. The molecule has 2 saturated carbocycles. The Labute approximate surface area is 71.3 Å². The van der Waals surface area contributed by atoms with Gasteiger partial charge in [-0.05, 0) is 38.0 Å². The minimum absolute atomic E-state index is 0.0150. The minimum Gasteiger partial charge on any atom is -0.244 e. The van der Waals surface area contributed by atoms with Gasteiger partial charge in [0, 0.05) is 12.1 Å². The van der Waals surface area contributed by atoms with E-state index in [-0.39, 0.29) is 12.1 Å². The molecule has 0 N–H and O–H groups in total. The Kier molecular flexibility index (Phi) is 1.22. The molecule has 1 radical (unpaired) electrons. The molecule has 3 heteroatoms. The normalized spacial score (nSPS) is 58.0. The molecule has 2 aliphatic heterocycles. The fraction of sp³-hybridized carbons (Fsp3) is 1.00. The van der Waals surface area contributed by atoms with E-state index in [0.29, 0.717) is 18.8 Å². The monoisotopic (exact) mass is 170 g/mol. The van der Waals surface area contributed by atoms with E-state index in [9.17, 15) is 9.60 Å². The van der Waals surface area contributed by atoms with Gasteiger partial charge in [-0.1, -0.05) is 0 Å². The first-order valence-electron chi connectivity index (χ1n) is 4.81. The predicted molar refractivity (Wildman–Crippen MR) is 40.5 cm³/mol. The average molecular weight is 170 g/mol. The summed E-state index contributed by atoms with van der Waals surface area (Å²) in [7, 11) is 0. The summed E-state index contributed by atoms with van der Waals surface area (Å²) in [6, 6.07) is 0.0301. The largest absolute Gasteiger partial charge is 0.244 e. The summed E-state index contributed by atoms with van der Waals surface area (Å²) in [5, 5.41) is 12.6. The lowest BCUT2D eigenvalue weighted by Crippen LogP contribution is -2.61. The average Bonchev–Trinajstić information content (AvgIpc) is 1.96. The Morgan fingerprint density at radius 2 is 1.75 bits per heavy atom. The molecular weight excluding hydrogens is 157 g/mol. The molecule has 2 aliphatic carbocycles. The first-order valence-corrected chi connectivity index (χ1v) is 4.81. The number of hydrogen-bond acceptors (Lipinski definition) is 1. The van der Waals surface area contributed by atoms with Crippen LogP contribution in [0.4, 0.5) is 4.39 Å². The van der Waals surface area contributed by atoms with Crippen LogP contribution in [0.2, 0.25) is 0 Å². The van der Waals surface area contributed by atoms with Gasteiger partial charge in [0.05, 0.1) is 0 Å². The Morgan fingerprint density at radius 3 is 2.25 bits per heavy atom. The molecule has 2 heterocycles. The van der Waals surface area contributed by atoms with Crippen LogP contribution in [0.25, 0.3) is 0 Å². The van der Waals surface area contributed by atoms with Crippen LogP contribution >= 0.6 is 0 Å². The van der Waals surface area contributed by atoms with Crippen molar-refractivity contribution in [3.8, 4) is 0 Å². The van der Waals surface area contributed by atoms with Crippen molar-refractivity contribution in [1.29, 1.82) is 0 Å². The highest BCUT2D eigenvalue weighted by Crippen LogP contribution is 2.52. The Bertz CT molecular complexity index is 205. The second kappa shape index (κ2) is 2.02. The van der Waals surface area contributed by atoms with Crippen LogP contribution in [-0.2, 0) is 5.21 Å². The molecule has 0 aromatic rings. The van der Waals surface area contributed by atoms with Crippen LogP contribution in [0, 0.1) is 5.92 Å². The molecule has 67 valence electrons. The summed E-state index contributed by atoms with van der Waals surface area (Å²) in [6.45, 7) is 0. The number of alkyl halides is 1. The molecule has 0 amide bonds. The molecule has 2 nitrogen and oxygen atoms in total. The van der Waals surface area contributed by atoms with Crippen molar-refractivity contribution in [2.24, 2.45) is 5.92 Å². The SMILES string of the molecule is [O]N1[C@@H]2CC3C[C@H]1CC(F)(C3)C2. The maximum Gasteiger partial charge on any atom is 0.114 e. The van der Waals surface area contributed by atoms with Crippen molar-refractivity contribution in [3.63, 3.8) is 0 Å². The molecule has 2 saturated heterocycles. The number of hydrogen-bond donors (Lipinski definition) is 0. The molecule has 4 fully saturated rings. The quantitative estimate of drug-likeness (QED) is 0.542. The van der Waals surface area contributed by atoms with E-state index in [1.165, 1.54) is 5.06 Å². The lowest BCUT2D eigenvalue weighted by Gasteiger charge is -2.55. The Balaban J connectivity index is 1.95. The van der Waals surface area contributed by atoms with Crippen LogP contribution in [0.1, 0.15) is 32.1 Å². The standard InChI is InChI=1S/C9H13FNO/c10-9-3-6-1-7(4-9)11(12)8(2-6)5-9/h6-8H,1-5H2/t6?,7-,8+,9?. The van der Waals surface area contributed by atoms with Gasteiger partial charge in [0.15, 0.2) is 0 Å². The maximum atomic E-state index is 13.9. The molecule has 0 spiro atoms. The summed E-state index contributed by atoms with van der Waals surface area (Å²) < 4.78 is 13.9. The smallest absolute Gasteiger partial charge is 0.114 e. The molecule has 4 bridgehead atoms. The summed E-state index contributed by atoms with van der Waals surface area (Å²) in [5.74, 6) is 0.512. The molecular formula is C9H13FNO. The number of hydroxylamine groups is 2. The van der Waals surface area contributed by atoms with Crippen LogP contribution in [0.5, 0.6) is 0 Å². The Hall–Kier alpha value is -0.150. The minimum atomic E-state index is -0.961. The third kappa shape index (κ3) is 0.811. The fourth-order valence-electron chi connectivity index (χ4n) is 3.50. The third-order valence-electron chi connectivity index (χ3n) is 3.79. The van der Waals surface area contributed by atoms with Gasteiger partial charge in [0.25, 0.3) is 0 Å². The van der Waals surface area contributed by atoms with Gasteiger partial charge < -0.3 is 0 Å². The van der Waals surface area contributed by atoms with E-state index in [1.54, 1.807) is 0 Å². The van der Waals surface area contributed by atoms with Crippen LogP contribution in [-0.4, -0.2) is 22.8 Å². The van der Waals surface area contributed by atoms with Gasteiger partial charge in [-0.3, -0.25) is 0 Å². The van der Waals surface area contributed by atoms with Crippen molar-refractivity contribution in [3.05, 3.63) is 0 Å². The van der Waals surface area contributed by atoms with Gasteiger partial charge in [-0.2, -0.15) is 0 Å². The lowest BCUT2D eigenvalue weighted by atomic mass is 9.63. The second-order valence-electron chi connectivity index (χ2n) is 4.77. The van der Waals surface area contributed by atoms with E-state index in [2.05, 4.69) is 0 Å². The van der Waals surface area contributed by atoms with Gasteiger partial charge >= 0.3 is 0 Å². The number of halogens is 1. The molecule has 4 aliphatic rings. The van der Waals surface area contributed by atoms with Crippen molar-refractivity contribution in [1.82, 2.24) is 5.06 Å². The van der Waals surface area contributed by atoms with Gasteiger partial charge in [0.2, 0.25) is 0 Å². The number of nitrogens with zero attached hydrogens (tertiary/aromatic N) is 1. The van der Waals surface area contributed by atoms with Crippen LogP contribution in [0.15, 0.2) is 0 Å². The van der Waals surface area contributed by atoms with E-state index in [4.69, 9.17) is 0 Å². The van der Waals surface area contributed by atoms with Crippen molar-refractivity contribution in [2.45, 2.75) is 49.9 Å². The van der Waals surface area contributed by atoms with Crippen molar-refractivity contribution < 1.29 is 9.60 Å². The summed E-state index contributed by atoms with van der Waals surface area (Å²) in [4.78, 5) is 0. The Morgan fingerprint density at radius 1 is 1.17 bits per heavy atom. The van der Waals surface area contributed by atoms with E-state index in [0.717, 1.165) is 19.3 Å². The first kappa shape index (κ1) is 7.27. The zero-order valence-electron chi connectivity index (χ0n) is 7.00. The van der Waals surface area contributed by atoms with Crippen molar-refractivity contribution >= 4 is 0 Å². The van der Waals surface area contributed by atoms with Crippen LogP contribution in [0.3, 0.4) is 0 Å². The lowest BCUT2D eigenvalue weighted by molar-refractivity contribution is -0.287. The summed E-state index contributed by atoms with van der Waals surface area (Å²) in [5.41, 5.74) is -0.961. The maximum absolute atomic E-state index is 13.9.